The molecular formula is C14H21N5O. The fourth-order valence-electron chi connectivity index (χ4n) is 2.49. The first-order valence-corrected chi connectivity index (χ1v) is 6.62. The molecule has 0 aliphatic carbocycles. The maximum absolute atomic E-state index is 12.4. The molecule has 0 fully saturated rings. The van der Waals surface area contributed by atoms with Crippen molar-refractivity contribution in [2.75, 3.05) is 0 Å². The van der Waals surface area contributed by atoms with E-state index in [1.54, 1.807) is 9.36 Å². The van der Waals surface area contributed by atoms with Crippen LogP contribution in [0.3, 0.4) is 0 Å². The first-order valence-electron chi connectivity index (χ1n) is 6.62. The number of rotatable bonds is 3. The van der Waals surface area contributed by atoms with Gasteiger partial charge in [-0.2, -0.15) is 10.2 Å². The van der Waals surface area contributed by atoms with E-state index in [-0.39, 0.29) is 11.9 Å². The summed E-state index contributed by atoms with van der Waals surface area (Å²) in [6.07, 6.45) is 1.93. The van der Waals surface area contributed by atoms with Crippen molar-refractivity contribution in [3.63, 3.8) is 0 Å². The first-order chi connectivity index (χ1) is 9.31. The summed E-state index contributed by atoms with van der Waals surface area (Å²) in [5.41, 5.74) is 4.23. The average Bonchev–Trinajstić information content (AvgIpc) is 2.79. The van der Waals surface area contributed by atoms with E-state index in [4.69, 9.17) is 0 Å². The summed E-state index contributed by atoms with van der Waals surface area (Å²) in [5, 5.41) is 11.6. The number of carbonyl (C=O) groups excluding carboxylic acids is 1. The lowest BCUT2D eigenvalue weighted by molar-refractivity contribution is 0.0938. The van der Waals surface area contributed by atoms with Crippen LogP contribution >= 0.6 is 0 Å². The van der Waals surface area contributed by atoms with Crippen LogP contribution in [0.4, 0.5) is 0 Å². The van der Waals surface area contributed by atoms with E-state index in [1.165, 1.54) is 0 Å². The van der Waals surface area contributed by atoms with Crippen LogP contribution in [0, 0.1) is 20.8 Å². The smallest absolute Gasteiger partial charge is 0.255 e. The van der Waals surface area contributed by atoms with Crippen LogP contribution < -0.4 is 5.32 Å². The van der Waals surface area contributed by atoms with Crippen molar-refractivity contribution in [2.45, 2.75) is 33.7 Å². The van der Waals surface area contributed by atoms with E-state index in [9.17, 15) is 4.79 Å². The van der Waals surface area contributed by atoms with Gasteiger partial charge in [0.15, 0.2) is 0 Å². The van der Waals surface area contributed by atoms with Crippen molar-refractivity contribution in [3.05, 3.63) is 34.4 Å². The van der Waals surface area contributed by atoms with Crippen molar-refractivity contribution in [1.82, 2.24) is 24.9 Å². The molecule has 2 rings (SSSR count). The fraction of sp³-hybridized carbons (Fsp3) is 0.500. The molecule has 2 aromatic heterocycles. The largest absolute Gasteiger partial charge is 0.345 e. The van der Waals surface area contributed by atoms with Gasteiger partial charge in [0.1, 0.15) is 0 Å². The Hall–Kier alpha value is -2.11. The Bertz CT molecular complexity index is 653. The van der Waals surface area contributed by atoms with Gasteiger partial charge in [-0.3, -0.25) is 14.2 Å². The summed E-state index contributed by atoms with van der Waals surface area (Å²) in [4.78, 5) is 12.4. The Balaban J connectivity index is 2.21. The molecular weight excluding hydrogens is 254 g/mol. The third-order valence-electron chi connectivity index (χ3n) is 3.60. The van der Waals surface area contributed by atoms with Crippen LogP contribution in [0.2, 0.25) is 0 Å². The molecule has 1 N–H and O–H groups in total. The Morgan fingerprint density at radius 1 is 1.20 bits per heavy atom. The molecule has 1 amide bonds. The van der Waals surface area contributed by atoms with Crippen LogP contribution in [0.15, 0.2) is 6.20 Å². The van der Waals surface area contributed by atoms with Gasteiger partial charge in [0.05, 0.1) is 23.0 Å². The summed E-state index contributed by atoms with van der Waals surface area (Å²) in [6.45, 7) is 7.65. The molecule has 108 valence electrons. The molecule has 6 heteroatoms. The molecule has 1 unspecified atom stereocenters. The molecule has 0 radical (unpaired) electrons. The monoisotopic (exact) mass is 275 g/mol. The highest BCUT2D eigenvalue weighted by molar-refractivity contribution is 5.96. The highest BCUT2D eigenvalue weighted by Crippen LogP contribution is 2.18. The molecule has 0 spiro atoms. The number of hydrogen-bond donors (Lipinski definition) is 1. The number of nitrogens with zero attached hydrogens (tertiary/aromatic N) is 4. The minimum atomic E-state index is -0.0937. The zero-order valence-corrected chi connectivity index (χ0v) is 12.9. The summed E-state index contributed by atoms with van der Waals surface area (Å²) in [7, 11) is 3.72. The van der Waals surface area contributed by atoms with Crippen LogP contribution in [0.1, 0.15) is 46.0 Å². The fourth-order valence-corrected chi connectivity index (χ4v) is 2.49. The number of amides is 1. The molecule has 20 heavy (non-hydrogen) atoms. The zero-order chi connectivity index (χ0) is 15.0. The topological polar surface area (TPSA) is 64.7 Å². The summed E-state index contributed by atoms with van der Waals surface area (Å²) in [5.74, 6) is -0.0937. The Labute approximate surface area is 118 Å². The van der Waals surface area contributed by atoms with Gasteiger partial charge < -0.3 is 5.32 Å². The van der Waals surface area contributed by atoms with Gasteiger partial charge in [-0.05, 0) is 27.7 Å². The standard InChI is InChI=1S/C14H21N5O/c1-8(12-7-18(5)16-9(12)2)15-14(20)13-10(3)17-19(6)11(13)4/h7-8H,1-6H3,(H,15,20). The number of aromatic nitrogens is 4. The van der Waals surface area contributed by atoms with Gasteiger partial charge in [-0.1, -0.05) is 0 Å². The van der Waals surface area contributed by atoms with E-state index in [0.717, 1.165) is 22.6 Å². The Kier molecular flexibility index (Phi) is 3.65. The van der Waals surface area contributed by atoms with E-state index in [2.05, 4.69) is 15.5 Å². The normalized spacial score (nSPS) is 12.5. The predicted molar refractivity (Wildman–Crippen MR) is 76.5 cm³/mol. The molecule has 2 heterocycles. The third kappa shape index (κ3) is 2.45. The molecule has 0 aliphatic rings. The number of hydrogen-bond acceptors (Lipinski definition) is 3. The summed E-state index contributed by atoms with van der Waals surface area (Å²) < 4.78 is 3.48. The lowest BCUT2D eigenvalue weighted by atomic mass is 10.1. The van der Waals surface area contributed by atoms with Crippen molar-refractivity contribution in [1.29, 1.82) is 0 Å². The van der Waals surface area contributed by atoms with Crippen LogP contribution in [0.25, 0.3) is 0 Å². The number of nitrogens with one attached hydrogen (secondary N) is 1. The van der Waals surface area contributed by atoms with Gasteiger partial charge in [0, 0.05) is 31.5 Å². The molecule has 0 saturated heterocycles. The quantitative estimate of drug-likeness (QED) is 0.924. The Morgan fingerprint density at radius 3 is 2.30 bits per heavy atom. The van der Waals surface area contributed by atoms with Gasteiger partial charge in [-0.25, -0.2) is 0 Å². The third-order valence-corrected chi connectivity index (χ3v) is 3.60. The maximum atomic E-state index is 12.4. The van der Waals surface area contributed by atoms with Gasteiger partial charge in [-0.15, -0.1) is 0 Å². The molecule has 6 nitrogen and oxygen atoms in total. The first kappa shape index (κ1) is 14.3. The summed E-state index contributed by atoms with van der Waals surface area (Å²) in [6, 6.07) is -0.0878. The zero-order valence-electron chi connectivity index (χ0n) is 12.9. The number of aryl methyl sites for hydroxylation is 4. The molecule has 1 atom stereocenters. The second-order valence-electron chi connectivity index (χ2n) is 5.21. The van der Waals surface area contributed by atoms with E-state index < -0.39 is 0 Å². The minimum absolute atomic E-state index is 0.0878. The predicted octanol–water partition coefficient (Wildman–Crippen LogP) is 1.57. The van der Waals surface area contributed by atoms with Crippen molar-refractivity contribution >= 4 is 5.91 Å². The second kappa shape index (κ2) is 5.11. The van der Waals surface area contributed by atoms with Crippen molar-refractivity contribution < 1.29 is 4.79 Å². The van der Waals surface area contributed by atoms with Gasteiger partial charge in [0.2, 0.25) is 0 Å². The SMILES string of the molecule is Cc1nn(C)cc1C(C)NC(=O)c1c(C)nn(C)c1C. The molecule has 0 aromatic carbocycles. The lowest BCUT2D eigenvalue weighted by Crippen LogP contribution is -2.27. The molecule has 0 aliphatic heterocycles. The van der Waals surface area contributed by atoms with E-state index >= 15 is 0 Å². The Morgan fingerprint density at radius 2 is 1.85 bits per heavy atom. The van der Waals surface area contributed by atoms with Crippen LogP contribution in [0.5, 0.6) is 0 Å². The second-order valence-corrected chi connectivity index (χ2v) is 5.21. The highest BCUT2D eigenvalue weighted by atomic mass is 16.1. The van der Waals surface area contributed by atoms with Crippen LogP contribution in [-0.2, 0) is 14.1 Å². The van der Waals surface area contributed by atoms with Gasteiger partial charge in [0.25, 0.3) is 5.91 Å². The van der Waals surface area contributed by atoms with Gasteiger partial charge >= 0.3 is 0 Å². The van der Waals surface area contributed by atoms with E-state index in [1.807, 2.05) is 48.0 Å². The van der Waals surface area contributed by atoms with Crippen molar-refractivity contribution in [2.24, 2.45) is 14.1 Å². The molecule has 0 bridgehead atoms. The lowest BCUT2D eigenvalue weighted by Gasteiger charge is -2.13. The highest BCUT2D eigenvalue weighted by Gasteiger charge is 2.20. The maximum Gasteiger partial charge on any atom is 0.255 e. The average molecular weight is 275 g/mol. The summed E-state index contributed by atoms with van der Waals surface area (Å²) >= 11 is 0. The molecule has 2 aromatic rings. The van der Waals surface area contributed by atoms with Crippen molar-refractivity contribution in [3.8, 4) is 0 Å². The number of carbonyl (C=O) groups is 1. The minimum Gasteiger partial charge on any atom is -0.345 e. The van der Waals surface area contributed by atoms with E-state index in [0.29, 0.717) is 5.56 Å². The molecule has 0 saturated carbocycles. The van der Waals surface area contributed by atoms with Crippen LogP contribution in [-0.4, -0.2) is 25.5 Å².